The number of halogens is 1. The monoisotopic (exact) mass is 196 g/mol. The molecule has 0 fully saturated rings. The number of aromatic carboxylic acids is 1. The molecule has 0 bridgehead atoms. The predicted octanol–water partition coefficient (Wildman–Crippen LogP) is 2.05. The Morgan fingerprint density at radius 1 is 1.64 bits per heavy atom. The van der Waals surface area contributed by atoms with Gasteiger partial charge < -0.3 is 10.8 Å². The van der Waals surface area contributed by atoms with E-state index in [1.165, 1.54) is 0 Å². The second-order valence-corrected chi connectivity index (χ2v) is 2.35. The Hall–Kier alpha value is -2.27. The minimum atomic E-state index is -1.43. The van der Waals surface area contributed by atoms with Gasteiger partial charge in [0, 0.05) is 4.91 Å². The zero-order chi connectivity index (χ0) is 10.7. The van der Waals surface area contributed by atoms with Crippen molar-refractivity contribution in [1.82, 2.24) is 0 Å². The number of rotatable bonds is 2. The van der Waals surface area contributed by atoms with Crippen molar-refractivity contribution >= 4 is 17.3 Å². The molecule has 0 aliphatic carbocycles. The highest BCUT2D eigenvalue weighted by Crippen LogP contribution is 2.27. The van der Waals surface area contributed by atoms with Gasteiger partial charge in [-0.05, 0) is 17.7 Å². The van der Waals surface area contributed by atoms with E-state index in [1.54, 1.807) is 0 Å². The summed E-state index contributed by atoms with van der Waals surface area (Å²) in [5.74, 6) is -2.52. The molecule has 0 saturated carbocycles. The number of carbonyl (C=O) groups is 1. The van der Waals surface area contributed by atoms with Gasteiger partial charge in [-0.15, -0.1) is 0 Å². The normalized spacial score (nSPS) is 9.21. The van der Waals surface area contributed by atoms with E-state index >= 15 is 0 Å². The van der Waals surface area contributed by atoms with Crippen molar-refractivity contribution in [1.29, 1.82) is 0 Å². The van der Waals surface area contributed by atoms with E-state index in [-0.39, 0.29) is 5.69 Å². The van der Waals surface area contributed by atoms with Crippen LogP contribution in [0.4, 0.5) is 15.8 Å². The quantitative estimate of drug-likeness (QED) is 0.326. The Morgan fingerprint density at radius 3 is 2.79 bits per heavy atom. The minimum Gasteiger partial charge on any atom is -0.478 e. The summed E-state index contributed by atoms with van der Waals surface area (Å²) >= 11 is 0. The zero-order valence-corrected chi connectivity index (χ0v) is 6.81. The number of nitrogens with zero attached hydrogens (tertiary/aromatic N) is 3. The maximum Gasteiger partial charge on any atom is 0.338 e. The van der Waals surface area contributed by atoms with Crippen molar-refractivity contribution in [2.75, 3.05) is 5.73 Å². The lowest BCUT2D eigenvalue weighted by Crippen LogP contribution is -2.03. The summed E-state index contributed by atoms with van der Waals surface area (Å²) in [7, 11) is 0. The number of azide groups is 1. The molecule has 7 heteroatoms. The van der Waals surface area contributed by atoms with Gasteiger partial charge >= 0.3 is 5.97 Å². The van der Waals surface area contributed by atoms with E-state index < -0.39 is 23.0 Å². The van der Waals surface area contributed by atoms with Crippen molar-refractivity contribution in [2.45, 2.75) is 0 Å². The van der Waals surface area contributed by atoms with Gasteiger partial charge in [-0.3, -0.25) is 0 Å². The molecule has 0 saturated heterocycles. The average molecular weight is 196 g/mol. The second-order valence-electron chi connectivity index (χ2n) is 2.35. The lowest BCUT2D eigenvalue weighted by Gasteiger charge is -2.03. The van der Waals surface area contributed by atoms with Crippen molar-refractivity contribution in [3.8, 4) is 0 Å². The molecule has 0 atom stereocenters. The first kappa shape index (κ1) is 9.82. The minimum absolute atomic E-state index is 0.130. The number of hydrogen-bond donors (Lipinski definition) is 2. The zero-order valence-electron chi connectivity index (χ0n) is 6.81. The summed E-state index contributed by atoms with van der Waals surface area (Å²) in [6.07, 6.45) is 0. The average Bonchev–Trinajstić information content (AvgIpc) is 2.13. The standard InChI is InChI=1S/C7H5FN4O2/c8-5-3(7(13)14)1-2-4(6(5)9)11-12-10/h1-2H,9H2,(H,13,14). The van der Waals surface area contributed by atoms with E-state index in [1.807, 2.05) is 0 Å². The summed E-state index contributed by atoms with van der Waals surface area (Å²) in [5, 5.41) is 11.6. The Morgan fingerprint density at radius 2 is 2.29 bits per heavy atom. The van der Waals surface area contributed by atoms with Crippen LogP contribution < -0.4 is 5.73 Å². The molecule has 0 aromatic heterocycles. The van der Waals surface area contributed by atoms with Crippen LogP contribution in [-0.2, 0) is 0 Å². The number of hydrogen-bond acceptors (Lipinski definition) is 3. The number of carboxylic acids is 1. The summed E-state index contributed by atoms with van der Waals surface area (Å²) in [6, 6.07) is 2.12. The largest absolute Gasteiger partial charge is 0.478 e. The van der Waals surface area contributed by atoms with Crippen LogP contribution in [-0.4, -0.2) is 11.1 Å². The van der Waals surface area contributed by atoms with Gasteiger partial charge in [-0.25, -0.2) is 9.18 Å². The van der Waals surface area contributed by atoms with Crippen LogP contribution in [0.1, 0.15) is 10.4 Å². The van der Waals surface area contributed by atoms with Gasteiger partial charge in [0.05, 0.1) is 16.9 Å². The molecule has 6 nitrogen and oxygen atoms in total. The Kier molecular flexibility index (Phi) is 2.54. The SMILES string of the molecule is [N-]=[N+]=Nc1ccc(C(=O)O)c(F)c1N. The molecule has 0 aliphatic heterocycles. The number of benzene rings is 1. The molecule has 3 N–H and O–H groups in total. The molecule has 0 radical (unpaired) electrons. The molecular weight excluding hydrogens is 191 g/mol. The number of anilines is 1. The Labute approximate surface area is 77.4 Å². The van der Waals surface area contributed by atoms with Crippen LogP contribution in [0.2, 0.25) is 0 Å². The predicted molar refractivity (Wildman–Crippen MR) is 46.6 cm³/mol. The molecule has 1 aromatic carbocycles. The van der Waals surface area contributed by atoms with E-state index in [0.717, 1.165) is 12.1 Å². The van der Waals surface area contributed by atoms with Crippen LogP contribution in [0.25, 0.3) is 10.4 Å². The topological polar surface area (TPSA) is 112 Å². The molecule has 1 rings (SSSR count). The summed E-state index contributed by atoms with van der Waals surface area (Å²) in [6.45, 7) is 0. The van der Waals surface area contributed by atoms with E-state index in [0.29, 0.717) is 0 Å². The maximum atomic E-state index is 13.1. The number of nitrogen functional groups attached to an aromatic ring is 1. The van der Waals surface area contributed by atoms with E-state index in [2.05, 4.69) is 10.0 Å². The summed E-state index contributed by atoms with van der Waals surface area (Å²) < 4.78 is 13.1. The fourth-order valence-corrected chi connectivity index (χ4v) is 0.883. The molecule has 72 valence electrons. The van der Waals surface area contributed by atoms with Crippen molar-refractivity contribution in [2.24, 2.45) is 5.11 Å². The smallest absolute Gasteiger partial charge is 0.338 e. The first-order chi connectivity index (χ1) is 6.57. The Bertz CT molecular complexity index is 413. The molecule has 0 amide bonds. The van der Waals surface area contributed by atoms with Gasteiger partial charge in [0.25, 0.3) is 0 Å². The molecule has 0 spiro atoms. The van der Waals surface area contributed by atoms with Crippen LogP contribution >= 0.6 is 0 Å². The van der Waals surface area contributed by atoms with Crippen molar-refractivity contribution in [3.05, 3.63) is 34.0 Å². The fraction of sp³-hybridized carbons (Fsp3) is 0. The molecule has 1 aromatic rings. The fourth-order valence-electron chi connectivity index (χ4n) is 0.883. The lowest BCUT2D eigenvalue weighted by molar-refractivity contribution is 0.0692. The third-order valence-corrected chi connectivity index (χ3v) is 1.54. The molecular formula is C7H5FN4O2. The summed E-state index contributed by atoms with van der Waals surface area (Å²) in [5.41, 5.74) is 12.1. The van der Waals surface area contributed by atoms with Crippen LogP contribution in [0.3, 0.4) is 0 Å². The van der Waals surface area contributed by atoms with Gasteiger partial charge in [0.1, 0.15) is 0 Å². The number of carboxylic acid groups (broad SMARTS) is 1. The highest BCUT2D eigenvalue weighted by molar-refractivity contribution is 5.90. The van der Waals surface area contributed by atoms with Gasteiger partial charge in [-0.1, -0.05) is 5.11 Å². The van der Waals surface area contributed by atoms with Crippen molar-refractivity contribution < 1.29 is 14.3 Å². The third-order valence-electron chi connectivity index (χ3n) is 1.54. The third kappa shape index (κ3) is 1.57. The second kappa shape index (κ2) is 3.63. The molecule has 0 heterocycles. The molecule has 0 unspecified atom stereocenters. The molecule has 0 aliphatic rings. The van der Waals surface area contributed by atoms with Crippen LogP contribution in [0.15, 0.2) is 17.2 Å². The highest BCUT2D eigenvalue weighted by atomic mass is 19.1. The lowest BCUT2D eigenvalue weighted by atomic mass is 10.1. The van der Waals surface area contributed by atoms with Gasteiger partial charge in [0.2, 0.25) is 0 Å². The maximum absolute atomic E-state index is 13.1. The molecule has 14 heavy (non-hydrogen) atoms. The highest BCUT2D eigenvalue weighted by Gasteiger charge is 2.14. The number of nitrogens with two attached hydrogens (primary N) is 1. The van der Waals surface area contributed by atoms with Crippen LogP contribution in [0.5, 0.6) is 0 Å². The van der Waals surface area contributed by atoms with Crippen molar-refractivity contribution in [3.63, 3.8) is 0 Å². The van der Waals surface area contributed by atoms with E-state index in [9.17, 15) is 9.18 Å². The van der Waals surface area contributed by atoms with E-state index in [4.69, 9.17) is 16.4 Å². The summed E-state index contributed by atoms with van der Waals surface area (Å²) in [4.78, 5) is 12.9. The van der Waals surface area contributed by atoms with Gasteiger partial charge in [-0.2, -0.15) is 0 Å². The Balaban J connectivity index is 3.40. The van der Waals surface area contributed by atoms with Gasteiger partial charge in [0.15, 0.2) is 5.82 Å². The first-order valence-electron chi connectivity index (χ1n) is 3.44. The first-order valence-corrected chi connectivity index (χ1v) is 3.44. The van der Waals surface area contributed by atoms with Crippen LogP contribution in [0, 0.1) is 5.82 Å².